The third-order valence-corrected chi connectivity index (χ3v) is 4.58. The number of ether oxygens (including phenoxy) is 2. The molecule has 0 fully saturated rings. The van der Waals surface area contributed by atoms with Crippen molar-refractivity contribution in [3.05, 3.63) is 107 Å². The molecule has 0 atom stereocenters. The molecule has 4 rings (SSSR count). The molecule has 138 valence electrons. The third-order valence-electron chi connectivity index (χ3n) is 4.58. The minimum atomic E-state index is 0.466. The summed E-state index contributed by atoms with van der Waals surface area (Å²) in [5, 5.41) is 7.71. The molecule has 0 saturated heterocycles. The molecule has 28 heavy (non-hydrogen) atoms. The lowest BCUT2D eigenvalue weighted by Gasteiger charge is -2.20. The summed E-state index contributed by atoms with van der Waals surface area (Å²) >= 11 is 0. The molecule has 2 aromatic rings. The first-order valence-electron chi connectivity index (χ1n) is 8.93. The van der Waals surface area contributed by atoms with E-state index in [1.807, 2.05) is 72.8 Å². The maximum atomic E-state index is 7.71. The molecule has 2 aromatic carbocycles. The summed E-state index contributed by atoms with van der Waals surface area (Å²) in [4.78, 5) is 0. The lowest BCUT2D eigenvalue weighted by atomic mass is 9.98. The zero-order valence-electron chi connectivity index (χ0n) is 15.5. The number of hydrogen-bond acceptors (Lipinski definition) is 4. The number of methoxy groups -OCH3 is 1. The van der Waals surface area contributed by atoms with E-state index >= 15 is 0 Å². The monoisotopic (exact) mass is 368 g/mol. The van der Waals surface area contributed by atoms with Gasteiger partial charge in [0, 0.05) is 16.8 Å². The van der Waals surface area contributed by atoms with E-state index in [9.17, 15) is 0 Å². The van der Waals surface area contributed by atoms with Crippen molar-refractivity contribution < 1.29 is 9.47 Å². The molecule has 1 heterocycles. The first-order valence-corrected chi connectivity index (χ1v) is 8.93. The maximum absolute atomic E-state index is 7.71. The SMILES string of the molecule is COc1ccc(C2=CC(=C3C=CC(=N)C=C3)OC(c3ccc(N)cc3)=C2)cc1. The van der Waals surface area contributed by atoms with Gasteiger partial charge in [0.25, 0.3) is 0 Å². The largest absolute Gasteiger partial charge is 0.497 e. The summed E-state index contributed by atoms with van der Waals surface area (Å²) in [7, 11) is 1.66. The van der Waals surface area contributed by atoms with Gasteiger partial charge >= 0.3 is 0 Å². The molecule has 0 amide bonds. The highest BCUT2D eigenvalue weighted by atomic mass is 16.5. The number of rotatable bonds is 3. The molecule has 0 unspecified atom stereocenters. The van der Waals surface area contributed by atoms with Gasteiger partial charge in [-0.1, -0.05) is 12.1 Å². The Bertz CT molecular complexity index is 1050. The van der Waals surface area contributed by atoms with E-state index in [1.165, 1.54) is 0 Å². The molecule has 0 bridgehead atoms. The Hall–Kier alpha value is -3.79. The first kappa shape index (κ1) is 17.6. The molecule has 0 saturated carbocycles. The fraction of sp³-hybridized carbons (Fsp3) is 0.0417. The first-order chi connectivity index (χ1) is 13.6. The Balaban J connectivity index is 1.80. The molecule has 4 heteroatoms. The zero-order valence-corrected chi connectivity index (χ0v) is 15.5. The second-order valence-corrected chi connectivity index (χ2v) is 6.50. The molecule has 2 aliphatic rings. The minimum Gasteiger partial charge on any atom is -0.497 e. The highest BCUT2D eigenvalue weighted by Gasteiger charge is 2.17. The van der Waals surface area contributed by atoms with Gasteiger partial charge in [-0.3, -0.25) is 0 Å². The molecule has 1 aliphatic heterocycles. The highest BCUT2D eigenvalue weighted by Crippen LogP contribution is 2.34. The van der Waals surface area contributed by atoms with Crippen molar-refractivity contribution in [2.45, 2.75) is 0 Å². The Morgan fingerprint density at radius 3 is 2.11 bits per heavy atom. The van der Waals surface area contributed by atoms with Crippen molar-refractivity contribution in [2.75, 3.05) is 12.8 Å². The average Bonchev–Trinajstić information content (AvgIpc) is 2.74. The fourth-order valence-electron chi connectivity index (χ4n) is 3.02. The molecule has 4 nitrogen and oxygen atoms in total. The Morgan fingerprint density at radius 2 is 1.46 bits per heavy atom. The molecule has 0 spiro atoms. The van der Waals surface area contributed by atoms with E-state index in [0.29, 0.717) is 11.4 Å². The summed E-state index contributed by atoms with van der Waals surface area (Å²) < 4.78 is 11.5. The maximum Gasteiger partial charge on any atom is 0.135 e. The fourth-order valence-corrected chi connectivity index (χ4v) is 3.02. The predicted octanol–water partition coefficient (Wildman–Crippen LogP) is 5.13. The van der Waals surface area contributed by atoms with E-state index in [1.54, 1.807) is 19.3 Å². The number of nitrogens with two attached hydrogens (primary N) is 1. The van der Waals surface area contributed by atoms with Gasteiger partial charge in [0.2, 0.25) is 0 Å². The number of nitrogens with one attached hydrogen (secondary N) is 1. The van der Waals surface area contributed by atoms with Gasteiger partial charge in [-0.25, -0.2) is 0 Å². The zero-order chi connectivity index (χ0) is 19.5. The van der Waals surface area contributed by atoms with Gasteiger partial charge in [0.15, 0.2) is 0 Å². The Kier molecular flexibility index (Phi) is 4.68. The van der Waals surface area contributed by atoms with Crippen LogP contribution in [0.1, 0.15) is 11.1 Å². The topological polar surface area (TPSA) is 68.3 Å². The summed E-state index contributed by atoms with van der Waals surface area (Å²) in [6.45, 7) is 0. The van der Waals surface area contributed by atoms with Crippen molar-refractivity contribution in [3.63, 3.8) is 0 Å². The van der Waals surface area contributed by atoms with Gasteiger partial charge in [0.1, 0.15) is 17.3 Å². The van der Waals surface area contributed by atoms with Crippen LogP contribution < -0.4 is 10.5 Å². The van der Waals surface area contributed by atoms with Crippen LogP contribution in [0.4, 0.5) is 5.69 Å². The van der Waals surface area contributed by atoms with Crippen molar-refractivity contribution in [3.8, 4) is 5.75 Å². The molecule has 0 aromatic heterocycles. The average molecular weight is 368 g/mol. The number of hydrogen-bond donors (Lipinski definition) is 2. The van der Waals surface area contributed by atoms with Crippen molar-refractivity contribution in [1.82, 2.24) is 0 Å². The van der Waals surface area contributed by atoms with Gasteiger partial charge < -0.3 is 20.6 Å². The normalized spacial score (nSPS) is 15.8. The van der Waals surface area contributed by atoms with Crippen LogP contribution in [0.2, 0.25) is 0 Å². The molecular weight excluding hydrogens is 348 g/mol. The molecule has 1 aliphatic carbocycles. The van der Waals surface area contributed by atoms with E-state index in [0.717, 1.165) is 39.5 Å². The number of benzene rings is 2. The van der Waals surface area contributed by atoms with Crippen LogP contribution in [0.3, 0.4) is 0 Å². The van der Waals surface area contributed by atoms with E-state index in [-0.39, 0.29) is 0 Å². The quantitative estimate of drug-likeness (QED) is 0.738. The van der Waals surface area contributed by atoms with Gasteiger partial charge in [0.05, 0.1) is 12.8 Å². The summed E-state index contributed by atoms with van der Waals surface area (Å²) in [6.07, 6.45) is 11.3. The lowest BCUT2D eigenvalue weighted by molar-refractivity contribution is 0.395. The molecule has 0 radical (unpaired) electrons. The smallest absolute Gasteiger partial charge is 0.135 e. The highest BCUT2D eigenvalue weighted by molar-refractivity contribution is 6.03. The van der Waals surface area contributed by atoms with Crippen molar-refractivity contribution >= 4 is 22.7 Å². The summed E-state index contributed by atoms with van der Waals surface area (Å²) in [5.41, 5.74) is 11.0. The van der Waals surface area contributed by atoms with Gasteiger partial charge in [-0.2, -0.15) is 0 Å². The third kappa shape index (κ3) is 3.67. The predicted molar refractivity (Wildman–Crippen MR) is 114 cm³/mol. The second-order valence-electron chi connectivity index (χ2n) is 6.50. The Labute approximate surface area is 164 Å². The number of nitrogen functional groups attached to an aromatic ring is 1. The molecular formula is C24H20N2O2. The lowest BCUT2D eigenvalue weighted by Crippen LogP contribution is -2.03. The van der Waals surface area contributed by atoms with Crippen LogP contribution in [-0.4, -0.2) is 12.8 Å². The number of allylic oxidation sites excluding steroid dienone is 8. The van der Waals surface area contributed by atoms with Gasteiger partial charge in [-0.15, -0.1) is 0 Å². The van der Waals surface area contributed by atoms with E-state index < -0.39 is 0 Å². The summed E-state index contributed by atoms with van der Waals surface area (Å²) in [6, 6.07) is 15.5. The van der Waals surface area contributed by atoms with Crippen LogP contribution in [-0.2, 0) is 4.74 Å². The van der Waals surface area contributed by atoms with E-state index in [2.05, 4.69) is 0 Å². The molecule has 3 N–H and O–H groups in total. The van der Waals surface area contributed by atoms with Crippen LogP contribution in [0, 0.1) is 5.41 Å². The minimum absolute atomic E-state index is 0.466. The summed E-state index contributed by atoms with van der Waals surface area (Å²) in [5.74, 6) is 2.30. The van der Waals surface area contributed by atoms with Crippen LogP contribution in [0.5, 0.6) is 5.75 Å². The number of anilines is 1. The van der Waals surface area contributed by atoms with Crippen LogP contribution >= 0.6 is 0 Å². The van der Waals surface area contributed by atoms with Crippen LogP contribution in [0.15, 0.2) is 96.3 Å². The van der Waals surface area contributed by atoms with Crippen LogP contribution in [0.25, 0.3) is 11.3 Å². The van der Waals surface area contributed by atoms with Gasteiger partial charge in [-0.05, 0) is 84.0 Å². The standard InChI is InChI=1S/C24H20N2O2/c1-27-22-12-6-16(7-13-22)19-14-23(17-2-8-20(25)9-3-17)28-24(15-19)18-4-10-21(26)11-5-18/h2-15,25H,26H2,1H3. The van der Waals surface area contributed by atoms with Crippen molar-refractivity contribution in [1.29, 1.82) is 5.41 Å². The van der Waals surface area contributed by atoms with E-state index in [4.69, 9.17) is 20.6 Å². The van der Waals surface area contributed by atoms with Crippen molar-refractivity contribution in [2.24, 2.45) is 0 Å². The Morgan fingerprint density at radius 1 is 0.821 bits per heavy atom. The second kappa shape index (κ2) is 7.45.